The van der Waals surface area contributed by atoms with Crippen molar-refractivity contribution in [1.29, 1.82) is 0 Å². The molecule has 1 fully saturated rings. The van der Waals surface area contributed by atoms with Gasteiger partial charge in [0.25, 0.3) is 5.56 Å². The molecule has 2 aromatic rings. The van der Waals surface area contributed by atoms with E-state index < -0.39 is 17.3 Å². The van der Waals surface area contributed by atoms with Crippen LogP contribution in [0, 0.1) is 0 Å². The number of nitrogens with zero attached hydrogens (tertiary/aromatic N) is 3. The van der Waals surface area contributed by atoms with Gasteiger partial charge in [0.2, 0.25) is 0 Å². The Balaban J connectivity index is 1.49. The Kier molecular flexibility index (Phi) is 6.97. The molecule has 1 aliphatic heterocycles. The van der Waals surface area contributed by atoms with Gasteiger partial charge in [-0.2, -0.15) is 13.2 Å². The summed E-state index contributed by atoms with van der Waals surface area (Å²) in [5, 5.41) is 0. The summed E-state index contributed by atoms with van der Waals surface area (Å²) in [5.41, 5.74) is -1.02. The molecule has 2 heterocycles. The van der Waals surface area contributed by atoms with E-state index in [1.165, 1.54) is 0 Å². The van der Waals surface area contributed by atoms with E-state index in [1.54, 1.807) is 24.3 Å². The van der Waals surface area contributed by atoms with Gasteiger partial charge in [-0.05, 0) is 56.8 Å². The molecular weight excluding hydrogens is 383 g/mol. The zero-order valence-electron chi connectivity index (χ0n) is 16.5. The zero-order valence-corrected chi connectivity index (χ0v) is 16.5. The normalized spacial score (nSPS) is 16.1. The van der Waals surface area contributed by atoms with E-state index in [9.17, 15) is 18.0 Å². The molecule has 1 aliphatic rings. The fraction of sp³-hybridized carbons (Fsp3) is 0.476. The second kappa shape index (κ2) is 9.45. The Morgan fingerprint density at radius 3 is 2.31 bits per heavy atom. The average Bonchev–Trinajstić information content (AvgIpc) is 2.69. The number of piperazine rings is 1. The molecular formula is C21H26F3N3O2. The number of pyridine rings is 1. The lowest BCUT2D eigenvalue weighted by Crippen LogP contribution is -2.44. The second-order valence-corrected chi connectivity index (χ2v) is 7.32. The maximum atomic E-state index is 12.9. The SMILES string of the molecule is CN1CCN(CCCCOc2ccc(-n3cc(C(F)(F)F)ccc3=O)cc2)CC1. The molecule has 158 valence electrons. The Morgan fingerprint density at radius 1 is 0.966 bits per heavy atom. The standard InChI is InChI=1S/C21H26F3N3O2/c1-25-11-13-26(14-12-25)10-2-3-15-29-19-7-5-18(6-8-19)27-16-17(21(22,23)24)4-9-20(27)28/h4-9,16H,2-3,10-15H2,1H3. The van der Waals surface area contributed by atoms with Gasteiger partial charge < -0.3 is 14.5 Å². The quantitative estimate of drug-likeness (QED) is 0.658. The lowest BCUT2D eigenvalue weighted by Gasteiger charge is -2.32. The Hall–Kier alpha value is -2.32. The van der Waals surface area contributed by atoms with Crippen molar-refractivity contribution in [3.63, 3.8) is 0 Å². The smallest absolute Gasteiger partial charge is 0.417 e. The summed E-state index contributed by atoms with van der Waals surface area (Å²) < 4.78 is 45.3. The molecule has 0 saturated carbocycles. The summed E-state index contributed by atoms with van der Waals surface area (Å²) in [6.07, 6.45) is -1.69. The van der Waals surface area contributed by atoms with Crippen LogP contribution < -0.4 is 10.3 Å². The largest absolute Gasteiger partial charge is 0.494 e. The fourth-order valence-corrected chi connectivity index (χ4v) is 3.26. The molecule has 3 rings (SSSR count). The Bertz CT molecular complexity index is 841. The molecule has 1 aromatic heterocycles. The lowest BCUT2D eigenvalue weighted by atomic mass is 10.2. The number of aromatic nitrogens is 1. The first-order valence-corrected chi connectivity index (χ1v) is 9.77. The maximum Gasteiger partial charge on any atom is 0.417 e. The summed E-state index contributed by atoms with van der Waals surface area (Å²) in [4.78, 5) is 16.7. The van der Waals surface area contributed by atoms with Gasteiger partial charge in [0.15, 0.2) is 0 Å². The van der Waals surface area contributed by atoms with Gasteiger partial charge in [-0.15, -0.1) is 0 Å². The minimum absolute atomic E-state index is 0.364. The summed E-state index contributed by atoms with van der Waals surface area (Å²) in [5.74, 6) is 0.633. The van der Waals surface area contributed by atoms with Crippen molar-refractivity contribution >= 4 is 0 Å². The number of alkyl halides is 3. The highest BCUT2D eigenvalue weighted by Gasteiger charge is 2.31. The number of hydrogen-bond acceptors (Lipinski definition) is 4. The first-order chi connectivity index (χ1) is 13.8. The van der Waals surface area contributed by atoms with Crippen molar-refractivity contribution < 1.29 is 17.9 Å². The van der Waals surface area contributed by atoms with Crippen LogP contribution in [0.5, 0.6) is 5.75 Å². The summed E-state index contributed by atoms with van der Waals surface area (Å²) in [6, 6.07) is 8.22. The molecule has 0 spiro atoms. The van der Waals surface area contributed by atoms with E-state index in [0.29, 0.717) is 18.0 Å². The molecule has 8 heteroatoms. The van der Waals surface area contributed by atoms with Crippen molar-refractivity contribution in [2.75, 3.05) is 46.4 Å². The third-order valence-electron chi connectivity index (χ3n) is 5.09. The van der Waals surface area contributed by atoms with Crippen LogP contribution in [0.25, 0.3) is 5.69 Å². The first kappa shape index (κ1) is 21.4. The summed E-state index contributed by atoms with van der Waals surface area (Å²) >= 11 is 0. The number of unbranched alkanes of at least 4 members (excludes halogenated alkanes) is 1. The van der Waals surface area contributed by atoms with Crippen LogP contribution in [0.1, 0.15) is 18.4 Å². The monoisotopic (exact) mass is 409 g/mol. The Morgan fingerprint density at radius 2 is 1.66 bits per heavy atom. The van der Waals surface area contributed by atoms with E-state index in [4.69, 9.17) is 4.74 Å². The highest BCUT2D eigenvalue weighted by molar-refractivity contribution is 5.38. The number of rotatable bonds is 7. The van der Waals surface area contributed by atoms with E-state index >= 15 is 0 Å². The number of likely N-dealkylation sites (N-methyl/N-ethyl adjacent to an activating group) is 1. The van der Waals surface area contributed by atoms with E-state index in [-0.39, 0.29) is 0 Å². The van der Waals surface area contributed by atoms with Crippen LogP contribution in [0.2, 0.25) is 0 Å². The minimum Gasteiger partial charge on any atom is -0.494 e. The number of ether oxygens (including phenoxy) is 1. The van der Waals surface area contributed by atoms with Crippen LogP contribution in [-0.2, 0) is 6.18 Å². The van der Waals surface area contributed by atoms with Crippen molar-refractivity contribution in [3.05, 3.63) is 58.5 Å². The lowest BCUT2D eigenvalue weighted by molar-refractivity contribution is -0.138. The van der Waals surface area contributed by atoms with Crippen LogP contribution in [-0.4, -0.2) is 60.7 Å². The Labute approximate surface area is 168 Å². The molecule has 0 amide bonds. The van der Waals surface area contributed by atoms with Crippen LogP contribution in [0.15, 0.2) is 47.4 Å². The third-order valence-corrected chi connectivity index (χ3v) is 5.09. The van der Waals surface area contributed by atoms with Gasteiger partial charge in [0, 0.05) is 44.1 Å². The van der Waals surface area contributed by atoms with E-state index in [1.807, 2.05) is 0 Å². The minimum atomic E-state index is -4.50. The number of hydrogen-bond donors (Lipinski definition) is 0. The highest BCUT2D eigenvalue weighted by Crippen LogP contribution is 2.28. The second-order valence-electron chi connectivity index (χ2n) is 7.32. The fourth-order valence-electron chi connectivity index (χ4n) is 3.26. The van der Waals surface area contributed by atoms with Gasteiger partial charge in [-0.3, -0.25) is 9.36 Å². The molecule has 0 atom stereocenters. The number of halogens is 3. The van der Waals surface area contributed by atoms with Crippen LogP contribution in [0.4, 0.5) is 13.2 Å². The topological polar surface area (TPSA) is 37.7 Å². The van der Waals surface area contributed by atoms with Gasteiger partial charge in [-0.25, -0.2) is 0 Å². The molecule has 1 saturated heterocycles. The van der Waals surface area contributed by atoms with E-state index in [2.05, 4.69) is 16.8 Å². The molecule has 0 radical (unpaired) electrons. The molecule has 0 N–H and O–H groups in total. The average molecular weight is 409 g/mol. The van der Waals surface area contributed by atoms with Gasteiger partial charge in [-0.1, -0.05) is 0 Å². The molecule has 1 aromatic carbocycles. The van der Waals surface area contributed by atoms with Crippen molar-refractivity contribution in [3.8, 4) is 11.4 Å². The molecule has 0 aliphatic carbocycles. The van der Waals surface area contributed by atoms with E-state index in [0.717, 1.165) is 68.5 Å². The molecule has 5 nitrogen and oxygen atoms in total. The zero-order chi connectivity index (χ0) is 20.9. The van der Waals surface area contributed by atoms with Crippen LogP contribution in [0.3, 0.4) is 0 Å². The maximum absolute atomic E-state index is 12.9. The van der Waals surface area contributed by atoms with Gasteiger partial charge in [0.05, 0.1) is 12.2 Å². The number of benzene rings is 1. The first-order valence-electron chi connectivity index (χ1n) is 9.77. The molecule has 0 unspecified atom stereocenters. The molecule has 29 heavy (non-hydrogen) atoms. The highest BCUT2D eigenvalue weighted by atomic mass is 19.4. The predicted octanol–water partition coefficient (Wildman–Crippen LogP) is 3.26. The summed E-state index contributed by atoms with van der Waals surface area (Å²) in [6.45, 7) is 6.07. The van der Waals surface area contributed by atoms with Crippen LogP contribution >= 0.6 is 0 Å². The van der Waals surface area contributed by atoms with Crippen molar-refractivity contribution in [2.24, 2.45) is 0 Å². The molecule has 0 bridgehead atoms. The predicted molar refractivity (Wildman–Crippen MR) is 106 cm³/mol. The third kappa shape index (κ3) is 6.08. The van der Waals surface area contributed by atoms with Crippen molar-refractivity contribution in [1.82, 2.24) is 14.4 Å². The van der Waals surface area contributed by atoms with Gasteiger partial charge >= 0.3 is 6.18 Å². The van der Waals surface area contributed by atoms with Gasteiger partial charge in [0.1, 0.15) is 5.75 Å². The summed E-state index contributed by atoms with van der Waals surface area (Å²) in [7, 11) is 2.14. The van der Waals surface area contributed by atoms with Crippen molar-refractivity contribution in [2.45, 2.75) is 19.0 Å².